The third kappa shape index (κ3) is 4.23. The Labute approximate surface area is 127 Å². The molecule has 1 rings (SSSR count). The Morgan fingerprint density at radius 1 is 1.25 bits per heavy atom. The number of benzene rings is 1. The number of carbonyl (C=O) groups is 2. The standard InChI is InChI=1S/C14H18BrNO4/c1-14(2,3)20-13(18)16(4)11-7-6-9(8-10(11)15)12(17)19-5/h6-8H,1-5H3. The molecule has 0 heterocycles. The van der Waals surface area contributed by atoms with Crippen molar-refractivity contribution in [3.05, 3.63) is 28.2 Å². The summed E-state index contributed by atoms with van der Waals surface area (Å²) in [7, 11) is 2.92. The summed E-state index contributed by atoms with van der Waals surface area (Å²) in [6.07, 6.45) is -0.469. The van der Waals surface area contributed by atoms with Crippen LogP contribution in [0.3, 0.4) is 0 Å². The van der Waals surface area contributed by atoms with Crippen LogP contribution in [0.1, 0.15) is 31.1 Å². The number of esters is 1. The van der Waals surface area contributed by atoms with Gasteiger partial charge in [-0.05, 0) is 54.9 Å². The molecule has 0 unspecified atom stereocenters. The molecular formula is C14H18BrNO4. The first kappa shape index (κ1) is 16.5. The van der Waals surface area contributed by atoms with Crippen LogP contribution in [0, 0.1) is 0 Å². The summed E-state index contributed by atoms with van der Waals surface area (Å²) in [5.74, 6) is -0.433. The first-order chi connectivity index (χ1) is 9.15. The zero-order valence-corrected chi connectivity index (χ0v) is 13.8. The summed E-state index contributed by atoms with van der Waals surface area (Å²) >= 11 is 3.34. The van der Waals surface area contributed by atoms with Gasteiger partial charge in [-0.25, -0.2) is 9.59 Å². The molecule has 0 fully saturated rings. The SMILES string of the molecule is COC(=O)c1ccc(N(C)C(=O)OC(C)(C)C)c(Br)c1. The molecule has 0 aliphatic carbocycles. The number of anilines is 1. The van der Waals surface area contributed by atoms with Crippen LogP contribution in [-0.4, -0.2) is 31.8 Å². The number of carbonyl (C=O) groups excluding carboxylic acids is 2. The molecule has 1 amide bonds. The highest BCUT2D eigenvalue weighted by molar-refractivity contribution is 9.10. The summed E-state index contributed by atoms with van der Waals surface area (Å²) in [5, 5.41) is 0. The van der Waals surface area contributed by atoms with E-state index in [1.807, 2.05) is 0 Å². The molecule has 0 radical (unpaired) electrons. The minimum Gasteiger partial charge on any atom is -0.465 e. The van der Waals surface area contributed by atoms with Crippen molar-refractivity contribution in [2.75, 3.05) is 19.1 Å². The van der Waals surface area contributed by atoms with Crippen LogP contribution in [0.4, 0.5) is 10.5 Å². The molecule has 5 nitrogen and oxygen atoms in total. The lowest BCUT2D eigenvalue weighted by Crippen LogP contribution is -2.34. The quantitative estimate of drug-likeness (QED) is 0.769. The van der Waals surface area contributed by atoms with Gasteiger partial charge in [-0.3, -0.25) is 4.90 Å². The number of methoxy groups -OCH3 is 1. The first-order valence-corrected chi connectivity index (χ1v) is 6.79. The number of nitrogens with zero attached hydrogens (tertiary/aromatic N) is 1. The van der Waals surface area contributed by atoms with Crippen molar-refractivity contribution in [3.63, 3.8) is 0 Å². The fourth-order valence-corrected chi connectivity index (χ4v) is 2.10. The lowest BCUT2D eigenvalue weighted by molar-refractivity contribution is 0.0585. The van der Waals surface area contributed by atoms with Gasteiger partial charge in [0.15, 0.2) is 0 Å². The maximum Gasteiger partial charge on any atom is 0.414 e. The van der Waals surface area contributed by atoms with Crippen LogP contribution in [-0.2, 0) is 9.47 Å². The predicted molar refractivity (Wildman–Crippen MR) is 80.1 cm³/mol. The molecule has 0 spiro atoms. The molecule has 1 aromatic carbocycles. The summed E-state index contributed by atoms with van der Waals surface area (Å²) < 4.78 is 10.5. The van der Waals surface area contributed by atoms with Gasteiger partial charge in [0.25, 0.3) is 0 Å². The van der Waals surface area contributed by atoms with Gasteiger partial charge in [-0.1, -0.05) is 0 Å². The molecule has 0 aliphatic rings. The molecule has 20 heavy (non-hydrogen) atoms. The number of rotatable bonds is 2. The second-order valence-corrected chi connectivity index (χ2v) is 6.05. The van der Waals surface area contributed by atoms with E-state index in [4.69, 9.17) is 4.74 Å². The molecule has 0 atom stereocenters. The number of ether oxygens (including phenoxy) is 2. The third-order valence-electron chi connectivity index (χ3n) is 2.40. The minimum atomic E-state index is -0.566. The molecule has 0 bridgehead atoms. The van der Waals surface area contributed by atoms with Gasteiger partial charge in [0.05, 0.1) is 18.4 Å². The first-order valence-electron chi connectivity index (χ1n) is 6.00. The van der Waals surface area contributed by atoms with Crippen LogP contribution >= 0.6 is 15.9 Å². The fraction of sp³-hybridized carbons (Fsp3) is 0.429. The monoisotopic (exact) mass is 343 g/mol. The van der Waals surface area contributed by atoms with Gasteiger partial charge in [0.2, 0.25) is 0 Å². The Morgan fingerprint density at radius 3 is 2.30 bits per heavy atom. The summed E-state index contributed by atoms with van der Waals surface area (Å²) in [6, 6.07) is 4.84. The van der Waals surface area contributed by atoms with Gasteiger partial charge in [0.1, 0.15) is 5.60 Å². The Hall–Kier alpha value is -1.56. The van der Waals surface area contributed by atoms with Crippen molar-refractivity contribution in [3.8, 4) is 0 Å². The number of hydrogen-bond acceptors (Lipinski definition) is 4. The molecule has 6 heteroatoms. The second-order valence-electron chi connectivity index (χ2n) is 5.20. The van der Waals surface area contributed by atoms with Crippen molar-refractivity contribution < 1.29 is 19.1 Å². The van der Waals surface area contributed by atoms with Crippen molar-refractivity contribution in [2.45, 2.75) is 26.4 Å². The van der Waals surface area contributed by atoms with E-state index in [1.54, 1.807) is 46.0 Å². The van der Waals surface area contributed by atoms with E-state index >= 15 is 0 Å². The average molecular weight is 344 g/mol. The number of halogens is 1. The van der Waals surface area contributed by atoms with Gasteiger partial charge >= 0.3 is 12.1 Å². The Kier molecular flexibility index (Phi) is 5.16. The molecule has 0 saturated carbocycles. The molecule has 1 aromatic rings. The zero-order chi connectivity index (χ0) is 15.5. The number of amides is 1. The molecule has 0 saturated heterocycles. The van der Waals surface area contributed by atoms with Crippen LogP contribution in [0.15, 0.2) is 22.7 Å². The predicted octanol–water partition coefficient (Wildman–Crippen LogP) is 3.61. The van der Waals surface area contributed by atoms with Crippen molar-refractivity contribution in [2.24, 2.45) is 0 Å². The number of hydrogen-bond donors (Lipinski definition) is 0. The van der Waals surface area contributed by atoms with E-state index < -0.39 is 17.7 Å². The summed E-state index contributed by atoms with van der Waals surface area (Å²) in [6.45, 7) is 5.40. The molecule has 0 aliphatic heterocycles. The maximum atomic E-state index is 12.0. The second kappa shape index (κ2) is 6.26. The van der Waals surface area contributed by atoms with Gasteiger partial charge < -0.3 is 9.47 Å². The van der Waals surface area contributed by atoms with Crippen molar-refractivity contribution in [1.29, 1.82) is 0 Å². The van der Waals surface area contributed by atoms with Crippen molar-refractivity contribution >= 4 is 33.7 Å². The Balaban J connectivity index is 2.97. The zero-order valence-electron chi connectivity index (χ0n) is 12.2. The van der Waals surface area contributed by atoms with Crippen LogP contribution in [0.25, 0.3) is 0 Å². The summed E-state index contributed by atoms with van der Waals surface area (Å²) in [4.78, 5) is 24.8. The highest BCUT2D eigenvalue weighted by Crippen LogP contribution is 2.28. The average Bonchev–Trinajstić information content (AvgIpc) is 2.34. The van der Waals surface area contributed by atoms with Crippen molar-refractivity contribution in [1.82, 2.24) is 0 Å². The van der Waals surface area contributed by atoms with Gasteiger partial charge in [-0.15, -0.1) is 0 Å². The topological polar surface area (TPSA) is 55.8 Å². The van der Waals surface area contributed by atoms with Crippen LogP contribution in [0.5, 0.6) is 0 Å². The Bertz CT molecular complexity index is 522. The van der Waals surface area contributed by atoms with E-state index in [-0.39, 0.29) is 0 Å². The molecule has 110 valence electrons. The molecule has 0 N–H and O–H groups in total. The maximum absolute atomic E-state index is 12.0. The summed E-state index contributed by atoms with van der Waals surface area (Å²) in [5.41, 5.74) is 0.441. The normalized spacial score (nSPS) is 10.9. The Morgan fingerprint density at radius 2 is 1.85 bits per heavy atom. The largest absolute Gasteiger partial charge is 0.465 e. The lowest BCUT2D eigenvalue weighted by atomic mass is 10.2. The van der Waals surface area contributed by atoms with Crippen LogP contribution < -0.4 is 4.90 Å². The van der Waals surface area contributed by atoms with E-state index in [0.29, 0.717) is 15.7 Å². The highest BCUT2D eigenvalue weighted by Gasteiger charge is 2.22. The minimum absolute atomic E-state index is 0.403. The fourth-order valence-electron chi connectivity index (χ4n) is 1.45. The third-order valence-corrected chi connectivity index (χ3v) is 3.03. The van der Waals surface area contributed by atoms with E-state index in [2.05, 4.69) is 20.7 Å². The lowest BCUT2D eigenvalue weighted by Gasteiger charge is -2.25. The highest BCUT2D eigenvalue weighted by atomic mass is 79.9. The van der Waals surface area contributed by atoms with E-state index in [1.165, 1.54) is 12.0 Å². The molecular weight excluding hydrogens is 326 g/mol. The van der Waals surface area contributed by atoms with Gasteiger partial charge in [0, 0.05) is 11.5 Å². The van der Waals surface area contributed by atoms with Gasteiger partial charge in [-0.2, -0.15) is 0 Å². The van der Waals surface area contributed by atoms with E-state index in [0.717, 1.165) is 0 Å². The van der Waals surface area contributed by atoms with E-state index in [9.17, 15) is 9.59 Å². The smallest absolute Gasteiger partial charge is 0.414 e. The van der Waals surface area contributed by atoms with Crippen LogP contribution in [0.2, 0.25) is 0 Å². The molecule has 0 aromatic heterocycles.